The van der Waals surface area contributed by atoms with Crippen molar-refractivity contribution in [1.29, 1.82) is 0 Å². The van der Waals surface area contributed by atoms with E-state index in [1.54, 1.807) is 0 Å². The summed E-state index contributed by atoms with van der Waals surface area (Å²) in [6.07, 6.45) is -6.10. The molecule has 17 heavy (non-hydrogen) atoms. The lowest BCUT2D eigenvalue weighted by atomic mass is 10.3. The van der Waals surface area contributed by atoms with E-state index in [0.29, 0.717) is 4.57 Å². The average Bonchev–Trinajstić information content (AvgIpc) is 2.18. The molecule has 0 bridgehead atoms. The summed E-state index contributed by atoms with van der Waals surface area (Å²) in [4.78, 5) is 23.3. The minimum Gasteiger partial charge on any atom is -0.492 e. The van der Waals surface area contributed by atoms with Crippen molar-refractivity contribution in [2.45, 2.75) is 25.6 Å². The van der Waals surface area contributed by atoms with Crippen molar-refractivity contribution in [2.24, 2.45) is 0 Å². The molecule has 9 heteroatoms. The Hall–Kier alpha value is -1.80. The van der Waals surface area contributed by atoms with Gasteiger partial charge in [-0.2, -0.15) is 17.6 Å². The van der Waals surface area contributed by atoms with Crippen LogP contribution in [0, 0.1) is 5.82 Å². The van der Waals surface area contributed by atoms with Gasteiger partial charge in [0.25, 0.3) is 5.56 Å². The summed E-state index contributed by atoms with van der Waals surface area (Å²) >= 11 is 0. The number of hydrogen-bond acceptors (Lipinski definition) is 3. The van der Waals surface area contributed by atoms with Crippen LogP contribution in [0.15, 0.2) is 9.59 Å². The zero-order chi connectivity index (χ0) is 13.2. The molecule has 0 unspecified atom stereocenters. The topological polar surface area (TPSA) is 75.1 Å². The maximum atomic E-state index is 12.9. The van der Waals surface area contributed by atoms with Crippen molar-refractivity contribution in [3.63, 3.8) is 0 Å². The minimum atomic E-state index is -4.40. The average molecular weight is 256 g/mol. The number of halogens is 4. The minimum absolute atomic E-state index is 0.336. The molecule has 0 saturated heterocycles. The summed E-state index contributed by atoms with van der Waals surface area (Å²) in [5, 5.41) is 9.08. The first-order chi connectivity index (χ1) is 7.72. The molecule has 1 rings (SSSR count). The highest BCUT2D eigenvalue weighted by Gasteiger charge is 2.26. The van der Waals surface area contributed by atoms with Crippen molar-refractivity contribution < 1.29 is 22.7 Å². The number of hydrogen-bond donors (Lipinski definition) is 2. The third kappa shape index (κ3) is 3.33. The fraction of sp³-hybridized carbons (Fsp3) is 0.500. The standard InChI is InChI=1S/C8H8F4N2O3/c9-4-5(15)13-7(17)14(6(4)16)3-1-2-8(10,11)12/h16H,1-3H2,(H,13,15,17). The van der Waals surface area contributed by atoms with E-state index < -0.39 is 48.5 Å². The lowest BCUT2D eigenvalue weighted by Gasteiger charge is -2.09. The van der Waals surface area contributed by atoms with Crippen LogP contribution in [-0.2, 0) is 6.54 Å². The van der Waals surface area contributed by atoms with E-state index >= 15 is 0 Å². The first-order valence-corrected chi connectivity index (χ1v) is 4.50. The molecule has 0 amide bonds. The Balaban J connectivity index is 2.90. The van der Waals surface area contributed by atoms with Gasteiger partial charge in [-0.25, -0.2) is 4.79 Å². The first-order valence-electron chi connectivity index (χ1n) is 4.50. The molecular weight excluding hydrogens is 248 g/mol. The van der Waals surface area contributed by atoms with Crippen molar-refractivity contribution in [1.82, 2.24) is 9.55 Å². The van der Waals surface area contributed by atoms with Crippen LogP contribution in [0.3, 0.4) is 0 Å². The third-order valence-electron chi connectivity index (χ3n) is 1.96. The Morgan fingerprint density at radius 1 is 1.29 bits per heavy atom. The second kappa shape index (κ2) is 4.60. The second-order valence-corrected chi connectivity index (χ2v) is 3.27. The Labute approximate surface area is 91.3 Å². The molecule has 0 radical (unpaired) electrons. The number of nitrogens with one attached hydrogen (secondary N) is 1. The molecule has 1 heterocycles. The second-order valence-electron chi connectivity index (χ2n) is 3.27. The molecule has 0 aliphatic heterocycles. The van der Waals surface area contributed by atoms with Crippen LogP contribution in [0.4, 0.5) is 17.6 Å². The predicted octanol–water partition coefficient (Wildman–Crippen LogP) is 0.724. The lowest BCUT2D eigenvalue weighted by Crippen LogP contribution is -2.32. The summed E-state index contributed by atoms with van der Waals surface area (Å²) in [6.45, 7) is -0.544. The number of aromatic hydroxyl groups is 1. The Morgan fingerprint density at radius 3 is 2.41 bits per heavy atom. The molecule has 0 fully saturated rings. The smallest absolute Gasteiger partial charge is 0.389 e. The number of nitrogens with zero attached hydrogens (tertiary/aromatic N) is 1. The predicted molar refractivity (Wildman–Crippen MR) is 48.2 cm³/mol. The Bertz CT molecular complexity index is 517. The zero-order valence-electron chi connectivity index (χ0n) is 8.34. The van der Waals surface area contributed by atoms with E-state index in [2.05, 4.69) is 0 Å². The Morgan fingerprint density at radius 2 is 1.88 bits per heavy atom. The van der Waals surface area contributed by atoms with Gasteiger partial charge in [-0.15, -0.1) is 0 Å². The fourth-order valence-electron chi connectivity index (χ4n) is 1.18. The number of aromatic nitrogens is 2. The van der Waals surface area contributed by atoms with Crippen molar-refractivity contribution in [3.8, 4) is 5.88 Å². The van der Waals surface area contributed by atoms with Crippen molar-refractivity contribution in [2.75, 3.05) is 0 Å². The van der Waals surface area contributed by atoms with Gasteiger partial charge in [-0.05, 0) is 6.42 Å². The maximum absolute atomic E-state index is 12.9. The normalized spacial score (nSPS) is 11.8. The summed E-state index contributed by atoms with van der Waals surface area (Å²) in [7, 11) is 0. The zero-order valence-corrected chi connectivity index (χ0v) is 8.34. The van der Waals surface area contributed by atoms with Gasteiger partial charge in [-0.3, -0.25) is 14.3 Å². The molecule has 1 aromatic rings. The molecule has 0 saturated carbocycles. The molecule has 0 aromatic carbocycles. The quantitative estimate of drug-likeness (QED) is 0.782. The van der Waals surface area contributed by atoms with E-state index in [9.17, 15) is 27.2 Å². The van der Waals surface area contributed by atoms with Gasteiger partial charge in [0.15, 0.2) is 0 Å². The monoisotopic (exact) mass is 256 g/mol. The van der Waals surface area contributed by atoms with E-state index in [-0.39, 0.29) is 0 Å². The van der Waals surface area contributed by atoms with Crippen molar-refractivity contribution >= 4 is 0 Å². The first kappa shape index (κ1) is 13.3. The number of rotatable bonds is 3. The van der Waals surface area contributed by atoms with Crippen molar-refractivity contribution in [3.05, 3.63) is 26.7 Å². The van der Waals surface area contributed by atoms with Gasteiger partial charge in [0.05, 0.1) is 0 Å². The van der Waals surface area contributed by atoms with Gasteiger partial charge in [0, 0.05) is 13.0 Å². The Kier molecular flexibility index (Phi) is 3.59. The van der Waals surface area contributed by atoms with Crippen LogP contribution in [0.2, 0.25) is 0 Å². The lowest BCUT2D eigenvalue weighted by molar-refractivity contribution is -0.136. The van der Waals surface area contributed by atoms with Crippen LogP contribution in [0.5, 0.6) is 5.88 Å². The van der Waals surface area contributed by atoms with E-state index in [0.717, 1.165) is 0 Å². The number of H-pyrrole nitrogens is 1. The van der Waals surface area contributed by atoms with Gasteiger partial charge < -0.3 is 5.11 Å². The van der Waals surface area contributed by atoms with E-state index in [4.69, 9.17) is 5.11 Å². The molecule has 0 spiro atoms. The molecule has 0 aliphatic carbocycles. The van der Waals surface area contributed by atoms with Crippen LogP contribution in [-0.4, -0.2) is 20.8 Å². The van der Waals surface area contributed by atoms with Crippen LogP contribution < -0.4 is 11.2 Å². The number of aromatic amines is 1. The summed E-state index contributed by atoms with van der Waals surface area (Å²) in [5.41, 5.74) is -2.57. The molecule has 96 valence electrons. The highest BCUT2D eigenvalue weighted by atomic mass is 19.4. The highest BCUT2D eigenvalue weighted by molar-refractivity contribution is 5.09. The molecule has 0 atom stereocenters. The molecule has 5 nitrogen and oxygen atoms in total. The number of alkyl halides is 3. The molecule has 0 aliphatic rings. The molecular formula is C8H8F4N2O3. The summed E-state index contributed by atoms with van der Waals surface area (Å²) in [6, 6.07) is 0. The van der Waals surface area contributed by atoms with Crippen LogP contribution in [0.25, 0.3) is 0 Å². The van der Waals surface area contributed by atoms with Gasteiger partial charge in [-0.1, -0.05) is 0 Å². The fourth-order valence-corrected chi connectivity index (χ4v) is 1.18. The SMILES string of the molecule is O=c1[nH]c(=O)n(CCCC(F)(F)F)c(O)c1F. The van der Waals surface area contributed by atoms with Crippen LogP contribution in [0.1, 0.15) is 12.8 Å². The largest absolute Gasteiger partial charge is 0.492 e. The maximum Gasteiger partial charge on any atom is 0.389 e. The van der Waals surface area contributed by atoms with Gasteiger partial charge in [0.1, 0.15) is 0 Å². The third-order valence-corrected chi connectivity index (χ3v) is 1.96. The highest BCUT2D eigenvalue weighted by Crippen LogP contribution is 2.22. The molecule has 2 N–H and O–H groups in total. The summed E-state index contributed by atoms with van der Waals surface area (Å²) < 4.78 is 48.7. The van der Waals surface area contributed by atoms with Gasteiger partial charge in [0.2, 0.25) is 11.7 Å². The van der Waals surface area contributed by atoms with E-state index in [1.165, 1.54) is 4.98 Å². The summed E-state index contributed by atoms with van der Waals surface area (Å²) in [5.74, 6) is -2.86. The van der Waals surface area contributed by atoms with E-state index in [1.807, 2.05) is 0 Å². The van der Waals surface area contributed by atoms with Crippen LogP contribution >= 0.6 is 0 Å². The molecule has 1 aromatic heterocycles. The van der Waals surface area contributed by atoms with Gasteiger partial charge >= 0.3 is 11.9 Å².